The van der Waals surface area contributed by atoms with Crippen LogP contribution in [0, 0.1) is 5.82 Å². The highest BCUT2D eigenvalue weighted by Gasteiger charge is 2.29. The van der Waals surface area contributed by atoms with Crippen LogP contribution in [0.5, 0.6) is 11.5 Å². The van der Waals surface area contributed by atoms with Gasteiger partial charge in [-0.15, -0.1) is 16.8 Å². The summed E-state index contributed by atoms with van der Waals surface area (Å²) in [6.45, 7) is 8.27. The summed E-state index contributed by atoms with van der Waals surface area (Å²) in [6, 6.07) is 13.3. The number of allylic oxidation sites excluding steroid dienone is 1. The second kappa shape index (κ2) is 10.1. The lowest BCUT2D eigenvalue weighted by Crippen LogP contribution is -2.33. The minimum atomic E-state index is -0.433. The van der Waals surface area contributed by atoms with Gasteiger partial charge in [0.2, 0.25) is 5.91 Å². The zero-order valence-corrected chi connectivity index (χ0v) is 19.2. The van der Waals surface area contributed by atoms with Crippen LogP contribution in [-0.4, -0.2) is 32.5 Å². The number of thioether (sulfide) groups is 1. The molecule has 3 aromatic rings. The monoisotopic (exact) mass is 468 g/mol. The second-order valence-corrected chi connectivity index (χ2v) is 8.95. The molecule has 2 heterocycles. The van der Waals surface area contributed by atoms with Crippen LogP contribution in [0.15, 0.2) is 66.3 Å². The van der Waals surface area contributed by atoms with Gasteiger partial charge >= 0.3 is 0 Å². The van der Waals surface area contributed by atoms with Gasteiger partial charge in [-0.25, -0.2) is 4.39 Å². The van der Waals surface area contributed by atoms with Crippen LogP contribution in [0.3, 0.4) is 0 Å². The van der Waals surface area contributed by atoms with E-state index in [0.717, 1.165) is 5.56 Å². The van der Waals surface area contributed by atoms with Gasteiger partial charge in [-0.1, -0.05) is 42.1 Å². The normalized spacial score (nSPS) is 16.6. The van der Waals surface area contributed by atoms with E-state index in [1.54, 1.807) is 25.1 Å². The van der Waals surface area contributed by atoms with Gasteiger partial charge in [0.1, 0.15) is 12.4 Å². The third kappa shape index (κ3) is 5.19. The minimum absolute atomic E-state index is 0.155. The van der Waals surface area contributed by atoms with Crippen molar-refractivity contribution in [2.45, 2.75) is 42.9 Å². The molecule has 4 rings (SSSR count). The molecular weight excluding hydrogens is 443 g/mol. The van der Waals surface area contributed by atoms with E-state index in [0.29, 0.717) is 35.6 Å². The summed E-state index contributed by atoms with van der Waals surface area (Å²) in [4.78, 5) is 12.8. The molecule has 3 atom stereocenters. The molecule has 0 fully saturated rings. The number of halogens is 1. The fraction of sp³-hybridized carbons (Fsp3) is 0.292. The Bertz CT molecular complexity index is 1130. The lowest BCUT2D eigenvalue weighted by Gasteiger charge is -2.26. The first kappa shape index (κ1) is 22.8. The first-order valence-electron chi connectivity index (χ1n) is 10.6. The van der Waals surface area contributed by atoms with Crippen LogP contribution in [0.25, 0.3) is 0 Å². The number of nitrogens with one attached hydrogen (secondary N) is 1. The highest BCUT2D eigenvalue weighted by Crippen LogP contribution is 2.36. The quantitative estimate of drug-likeness (QED) is 0.388. The van der Waals surface area contributed by atoms with Crippen LogP contribution >= 0.6 is 11.8 Å². The summed E-state index contributed by atoms with van der Waals surface area (Å²) in [7, 11) is 0. The smallest absolute Gasteiger partial charge is 0.233 e. The Hall–Kier alpha value is -3.33. The summed E-state index contributed by atoms with van der Waals surface area (Å²) in [6.07, 6.45) is 1.32. The number of carbonyl (C=O) groups is 1. The Morgan fingerprint density at radius 2 is 1.97 bits per heavy atom. The highest BCUT2D eigenvalue weighted by molar-refractivity contribution is 8.00. The van der Waals surface area contributed by atoms with Crippen LogP contribution in [0.4, 0.5) is 4.39 Å². The van der Waals surface area contributed by atoms with Crippen molar-refractivity contribution in [1.29, 1.82) is 0 Å². The highest BCUT2D eigenvalue weighted by atomic mass is 32.2. The fourth-order valence-corrected chi connectivity index (χ4v) is 4.32. The van der Waals surface area contributed by atoms with E-state index >= 15 is 0 Å². The largest absolute Gasteiger partial charge is 0.485 e. The Labute approximate surface area is 196 Å². The molecule has 9 heteroatoms. The number of aromatic nitrogens is 3. The van der Waals surface area contributed by atoms with Gasteiger partial charge in [0.15, 0.2) is 28.6 Å². The number of para-hydroxylation sites is 2. The number of ether oxygens (including phenoxy) is 2. The molecular formula is C24H25FN4O3S. The van der Waals surface area contributed by atoms with E-state index in [4.69, 9.17) is 9.47 Å². The van der Waals surface area contributed by atoms with Crippen LogP contribution in [0.1, 0.15) is 37.4 Å². The molecule has 1 aliphatic heterocycles. The summed E-state index contributed by atoms with van der Waals surface area (Å²) in [5.74, 6) is 1.49. The molecule has 0 spiro atoms. The number of carbonyl (C=O) groups excluding carboxylic acids is 1. The van der Waals surface area contributed by atoms with Gasteiger partial charge in [0, 0.05) is 6.54 Å². The molecule has 172 valence electrons. The van der Waals surface area contributed by atoms with Gasteiger partial charge in [-0.2, -0.15) is 0 Å². The first-order chi connectivity index (χ1) is 16.0. The predicted molar refractivity (Wildman–Crippen MR) is 124 cm³/mol. The molecule has 0 radical (unpaired) electrons. The summed E-state index contributed by atoms with van der Waals surface area (Å²) < 4.78 is 26.9. The third-order valence-corrected chi connectivity index (χ3v) is 6.31. The van der Waals surface area contributed by atoms with E-state index < -0.39 is 11.4 Å². The van der Waals surface area contributed by atoms with E-state index in [2.05, 4.69) is 22.1 Å². The first-order valence-corrected chi connectivity index (χ1v) is 11.5. The van der Waals surface area contributed by atoms with Crippen LogP contribution < -0.4 is 14.8 Å². The Morgan fingerprint density at radius 1 is 1.24 bits per heavy atom. The molecule has 1 N–H and O–H groups in total. The molecule has 7 nitrogen and oxygen atoms in total. The maximum atomic E-state index is 13.2. The van der Waals surface area contributed by atoms with E-state index in [-0.39, 0.29) is 17.8 Å². The molecule has 1 aliphatic rings. The number of amides is 1. The van der Waals surface area contributed by atoms with Crippen LogP contribution in [0.2, 0.25) is 0 Å². The van der Waals surface area contributed by atoms with Crippen molar-refractivity contribution in [1.82, 2.24) is 20.1 Å². The Morgan fingerprint density at radius 3 is 2.70 bits per heavy atom. The van der Waals surface area contributed by atoms with Crippen molar-refractivity contribution in [3.63, 3.8) is 0 Å². The average molecular weight is 469 g/mol. The van der Waals surface area contributed by atoms with Gasteiger partial charge in [0.05, 0.1) is 11.3 Å². The predicted octanol–water partition coefficient (Wildman–Crippen LogP) is 4.47. The summed E-state index contributed by atoms with van der Waals surface area (Å²) in [5, 5.41) is 11.8. The minimum Gasteiger partial charge on any atom is -0.485 e. The average Bonchev–Trinajstić information content (AvgIpc) is 3.21. The zero-order valence-electron chi connectivity index (χ0n) is 18.4. The zero-order chi connectivity index (χ0) is 23.4. The van der Waals surface area contributed by atoms with E-state index in [1.807, 2.05) is 35.8 Å². The van der Waals surface area contributed by atoms with Crippen molar-refractivity contribution in [3.8, 4) is 11.5 Å². The number of rotatable bonds is 8. The number of hydrogen-bond donors (Lipinski definition) is 1. The topological polar surface area (TPSA) is 78.3 Å². The van der Waals surface area contributed by atoms with Gasteiger partial charge in [0.25, 0.3) is 0 Å². The Balaban J connectivity index is 1.45. The standard InChI is InChI=1S/C24H25FN4O3S/c1-4-13-29-22(21-14-31-19-7-5-6-8-20(19)32-21)27-28-24(29)33-16(3)23(30)26-15(2)17-9-11-18(25)12-10-17/h4-12,15-16,21H,1,13-14H2,2-3H3,(H,26,30)/t15-,16-,21-/m0/s1. The van der Waals surface area contributed by atoms with Crippen molar-refractivity contribution >= 4 is 17.7 Å². The maximum Gasteiger partial charge on any atom is 0.233 e. The van der Waals surface area contributed by atoms with Gasteiger partial charge in [-0.05, 0) is 43.7 Å². The fourth-order valence-electron chi connectivity index (χ4n) is 3.45. The Kier molecular flexibility index (Phi) is 6.98. The van der Waals surface area contributed by atoms with Crippen molar-refractivity contribution < 1.29 is 18.7 Å². The summed E-state index contributed by atoms with van der Waals surface area (Å²) in [5.41, 5.74) is 0.828. The number of hydrogen-bond acceptors (Lipinski definition) is 6. The molecule has 0 unspecified atom stereocenters. The molecule has 0 saturated heterocycles. The molecule has 1 aromatic heterocycles. The lowest BCUT2D eigenvalue weighted by atomic mass is 10.1. The van der Waals surface area contributed by atoms with Gasteiger partial charge < -0.3 is 14.8 Å². The van der Waals surface area contributed by atoms with Gasteiger partial charge in [-0.3, -0.25) is 9.36 Å². The van der Waals surface area contributed by atoms with Crippen molar-refractivity contribution in [3.05, 3.63) is 78.4 Å². The number of benzene rings is 2. The molecule has 0 bridgehead atoms. The van der Waals surface area contributed by atoms with Crippen molar-refractivity contribution in [2.24, 2.45) is 0 Å². The molecule has 0 aliphatic carbocycles. The molecule has 0 saturated carbocycles. The van der Waals surface area contributed by atoms with E-state index in [1.165, 1.54) is 23.9 Å². The number of fused-ring (bicyclic) bond motifs is 1. The SMILES string of the molecule is C=CCn1c(S[C@@H](C)C(=O)N[C@@H](C)c2ccc(F)cc2)nnc1[C@@H]1COc2ccccc2O1. The molecule has 2 aromatic carbocycles. The number of nitrogens with zero attached hydrogens (tertiary/aromatic N) is 3. The van der Waals surface area contributed by atoms with E-state index in [9.17, 15) is 9.18 Å². The second-order valence-electron chi connectivity index (χ2n) is 7.65. The lowest BCUT2D eigenvalue weighted by molar-refractivity contribution is -0.120. The summed E-state index contributed by atoms with van der Waals surface area (Å²) >= 11 is 1.30. The van der Waals surface area contributed by atoms with Crippen molar-refractivity contribution in [2.75, 3.05) is 6.61 Å². The third-order valence-electron chi connectivity index (χ3n) is 5.23. The van der Waals surface area contributed by atoms with Crippen LogP contribution in [-0.2, 0) is 11.3 Å². The maximum absolute atomic E-state index is 13.2. The molecule has 33 heavy (non-hydrogen) atoms. The molecule has 1 amide bonds.